The van der Waals surface area contributed by atoms with Crippen LogP contribution in [0.2, 0.25) is 10.0 Å². The van der Waals surface area contributed by atoms with Crippen LogP contribution in [-0.2, 0) is 6.54 Å². The van der Waals surface area contributed by atoms with E-state index in [1.807, 2.05) is 71.6 Å². The Kier molecular flexibility index (Phi) is 4.58. The maximum atomic E-state index is 13.0. The summed E-state index contributed by atoms with van der Waals surface area (Å²) in [6.07, 6.45) is -0.310. The van der Waals surface area contributed by atoms with Gasteiger partial charge in [0.25, 0.3) is 5.91 Å². The second kappa shape index (κ2) is 7.02. The van der Waals surface area contributed by atoms with Gasteiger partial charge in [-0.1, -0.05) is 77.8 Å². The smallest absolute Gasteiger partial charge is 0.256 e. The number of hydrogen-bond acceptors (Lipinski definition) is 2. The fourth-order valence-corrected chi connectivity index (χ4v) is 3.59. The molecule has 1 aliphatic rings. The fourth-order valence-electron chi connectivity index (χ4n) is 3.23. The number of halogens is 2. The van der Waals surface area contributed by atoms with Crippen molar-refractivity contribution >= 4 is 34.8 Å². The third-order valence-corrected chi connectivity index (χ3v) is 5.32. The zero-order valence-corrected chi connectivity index (χ0v) is 15.3. The monoisotopic (exact) mass is 382 g/mol. The van der Waals surface area contributed by atoms with Crippen molar-refractivity contribution in [2.75, 3.05) is 5.32 Å². The number of carbonyl (C=O) groups is 1. The second-order valence-corrected chi connectivity index (χ2v) is 6.94. The average Bonchev–Trinajstić information content (AvgIpc) is 2.92. The molecule has 3 aromatic carbocycles. The first-order chi connectivity index (χ1) is 12.6. The summed E-state index contributed by atoms with van der Waals surface area (Å²) in [4.78, 5) is 14.8. The molecule has 1 N–H and O–H groups in total. The quantitative estimate of drug-likeness (QED) is 0.621. The first-order valence-electron chi connectivity index (χ1n) is 8.29. The van der Waals surface area contributed by atoms with Crippen molar-refractivity contribution in [2.24, 2.45) is 0 Å². The average molecular weight is 383 g/mol. The van der Waals surface area contributed by atoms with Crippen LogP contribution in [0, 0.1) is 0 Å². The van der Waals surface area contributed by atoms with Gasteiger partial charge in [0.2, 0.25) is 0 Å². The number of fused-ring (bicyclic) bond motifs is 1. The maximum absolute atomic E-state index is 13.0. The van der Waals surface area contributed by atoms with Crippen LogP contribution in [0.1, 0.15) is 27.7 Å². The van der Waals surface area contributed by atoms with Gasteiger partial charge in [-0.3, -0.25) is 4.79 Å². The summed E-state index contributed by atoms with van der Waals surface area (Å²) in [5, 5.41) is 4.32. The zero-order chi connectivity index (χ0) is 18.1. The van der Waals surface area contributed by atoms with Gasteiger partial charge in [-0.05, 0) is 23.8 Å². The number of hydrogen-bond donors (Lipinski definition) is 1. The zero-order valence-electron chi connectivity index (χ0n) is 13.8. The molecule has 0 aliphatic carbocycles. The van der Waals surface area contributed by atoms with Crippen LogP contribution in [-0.4, -0.2) is 10.8 Å². The topological polar surface area (TPSA) is 32.3 Å². The predicted molar refractivity (Wildman–Crippen MR) is 106 cm³/mol. The molecule has 1 amide bonds. The largest absolute Gasteiger partial charge is 0.360 e. The van der Waals surface area contributed by atoms with E-state index < -0.39 is 0 Å². The van der Waals surface area contributed by atoms with E-state index in [9.17, 15) is 4.79 Å². The first-order valence-corrected chi connectivity index (χ1v) is 9.05. The summed E-state index contributed by atoms with van der Waals surface area (Å²) >= 11 is 12.5. The van der Waals surface area contributed by atoms with Crippen molar-refractivity contribution in [2.45, 2.75) is 12.7 Å². The first kappa shape index (κ1) is 17.0. The molecule has 0 spiro atoms. The van der Waals surface area contributed by atoms with Crippen molar-refractivity contribution in [3.63, 3.8) is 0 Å². The van der Waals surface area contributed by atoms with Crippen LogP contribution in [0.25, 0.3) is 0 Å². The number of anilines is 1. The third-order valence-electron chi connectivity index (χ3n) is 4.50. The highest BCUT2D eigenvalue weighted by atomic mass is 35.5. The SMILES string of the molecule is O=C1c2ccccc2[C@@H](Nc2cccc(Cl)c2Cl)N1Cc1ccccc1. The van der Waals surface area contributed by atoms with E-state index in [2.05, 4.69) is 5.32 Å². The molecule has 0 unspecified atom stereocenters. The Morgan fingerprint density at radius 2 is 1.62 bits per heavy atom. The molecule has 26 heavy (non-hydrogen) atoms. The van der Waals surface area contributed by atoms with E-state index in [1.54, 1.807) is 6.07 Å². The summed E-state index contributed by atoms with van der Waals surface area (Å²) in [6.45, 7) is 0.504. The molecule has 1 heterocycles. The van der Waals surface area contributed by atoms with E-state index in [4.69, 9.17) is 23.2 Å². The molecular weight excluding hydrogens is 367 g/mol. The van der Waals surface area contributed by atoms with E-state index in [-0.39, 0.29) is 12.1 Å². The van der Waals surface area contributed by atoms with Crippen LogP contribution in [0.3, 0.4) is 0 Å². The van der Waals surface area contributed by atoms with Crippen LogP contribution in [0.4, 0.5) is 5.69 Å². The van der Waals surface area contributed by atoms with E-state index >= 15 is 0 Å². The van der Waals surface area contributed by atoms with Gasteiger partial charge >= 0.3 is 0 Å². The van der Waals surface area contributed by atoms with Crippen LogP contribution in [0.5, 0.6) is 0 Å². The summed E-state index contributed by atoms with van der Waals surface area (Å²) in [6, 6.07) is 23.0. The summed E-state index contributed by atoms with van der Waals surface area (Å²) in [7, 11) is 0. The van der Waals surface area contributed by atoms with Crippen molar-refractivity contribution in [3.8, 4) is 0 Å². The molecular formula is C21H16Cl2N2O. The minimum atomic E-state index is -0.310. The van der Waals surface area contributed by atoms with Crippen molar-refractivity contribution in [1.29, 1.82) is 0 Å². The predicted octanol–water partition coefficient (Wildman–Crippen LogP) is 5.76. The van der Waals surface area contributed by atoms with Gasteiger partial charge in [0.15, 0.2) is 0 Å². The highest BCUT2D eigenvalue weighted by molar-refractivity contribution is 6.43. The molecule has 130 valence electrons. The van der Waals surface area contributed by atoms with Gasteiger partial charge in [0, 0.05) is 17.7 Å². The minimum absolute atomic E-state index is 0.0000959. The van der Waals surface area contributed by atoms with Crippen LogP contribution in [0.15, 0.2) is 72.8 Å². The van der Waals surface area contributed by atoms with Gasteiger partial charge in [-0.25, -0.2) is 0 Å². The molecule has 1 atom stereocenters. The van der Waals surface area contributed by atoms with Crippen molar-refractivity contribution in [1.82, 2.24) is 4.90 Å². The number of nitrogens with zero attached hydrogens (tertiary/aromatic N) is 1. The Morgan fingerprint density at radius 1 is 0.885 bits per heavy atom. The lowest BCUT2D eigenvalue weighted by molar-refractivity contribution is 0.0729. The number of amides is 1. The molecule has 0 fully saturated rings. The van der Waals surface area contributed by atoms with E-state index in [0.717, 1.165) is 11.1 Å². The number of carbonyl (C=O) groups excluding carboxylic acids is 1. The Labute approximate surface area is 162 Å². The van der Waals surface area contributed by atoms with Gasteiger partial charge < -0.3 is 10.2 Å². The van der Waals surface area contributed by atoms with E-state index in [0.29, 0.717) is 27.8 Å². The van der Waals surface area contributed by atoms with Gasteiger partial charge in [0.05, 0.1) is 15.7 Å². The van der Waals surface area contributed by atoms with Crippen LogP contribution < -0.4 is 5.32 Å². The molecule has 4 rings (SSSR count). The lowest BCUT2D eigenvalue weighted by atomic mass is 10.1. The summed E-state index contributed by atoms with van der Waals surface area (Å²) in [5.74, 6) is 0.0000959. The third kappa shape index (κ3) is 3.05. The van der Waals surface area contributed by atoms with Gasteiger partial charge in [-0.2, -0.15) is 0 Å². The second-order valence-electron chi connectivity index (χ2n) is 6.15. The number of rotatable bonds is 4. The molecule has 5 heteroatoms. The number of nitrogens with one attached hydrogen (secondary N) is 1. The highest BCUT2D eigenvalue weighted by Gasteiger charge is 2.36. The Balaban J connectivity index is 1.72. The van der Waals surface area contributed by atoms with Crippen molar-refractivity contribution < 1.29 is 4.79 Å². The highest BCUT2D eigenvalue weighted by Crippen LogP contribution is 2.38. The lowest BCUT2D eigenvalue weighted by Gasteiger charge is -2.27. The minimum Gasteiger partial charge on any atom is -0.360 e. The molecule has 0 bridgehead atoms. The van der Waals surface area contributed by atoms with E-state index in [1.165, 1.54) is 0 Å². The molecule has 0 saturated heterocycles. The Morgan fingerprint density at radius 3 is 2.42 bits per heavy atom. The van der Waals surface area contributed by atoms with Gasteiger partial charge in [-0.15, -0.1) is 0 Å². The normalized spacial score (nSPS) is 15.8. The Hall–Kier alpha value is -2.49. The standard InChI is InChI=1S/C21H16Cl2N2O/c22-17-11-6-12-18(19(17)23)24-20-15-9-4-5-10-16(15)21(26)25(20)13-14-7-2-1-3-8-14/h1-12,20,24H,13H2/t20-/m0/s1. The van der Waals surface area contributed by atoms with Crippen LogP contribution >= 0.6 is 23.2 Å². The maximum Gasteiger partial charge on any atom is 0.256 e. The summed E-state index contributed by atoms with van der Waals surface area (Å²) in [5.41, 5.74) is 3.41. The molecule has 3 nitrogen and oxygen atoms in total. The lowest BCUT2D eigenvalue weighted by Crippen LogP contribution is -2.31. The molecule has 0 radical (unpaired) electrons. The summed E-state index contributed by atoms with van der Waals surface area (Å²) < 4.78 is 0. The fraction of sp³-hybridized carbons (Fsp3) is 0.0952. The molecule has 0 saturated carbocycles. The van der Waals surface area contributed by atoms with Gasteiger partial charge in [0.1, 0.15) is 6.17 Å². The van der Waals surface area contributed by atoms with Crippen molar-refractivity contribution in [3.05, 3.63) is 99.5 Å². The molecule has 1 aliphatic heterocycles. The molecule has 0 aromatic heterocycles. The Bertz CT molecular complexity index is 959. The number of benzene rings is 3. The molecule has 3 aromatic rings.